The summed E-state index contributed by atoms with van der Waals surface area (Å²) in [5, 5.41) is -0.104. The third-order valence-electron chi connectivity index (χ3n) is 2.00. The Hall–Kier alpha value is -0.760. The molecule has 0 aromatic heterocycles. The molecule has 1 aliphatic carbocycles. The zero-order valence-electron chi connectivity index (χ0n) is 5.95. The Morgan fingerprint density at radius 2 is 2.09 bits per heavy atom. The Balaban J connectivity index is 2.55. The van der Waals surface area contributed by atoms with E-state index in [1.165, 1.54) is 0 Å². The summed E-state index contributed by atoms with van der Waals surface area (Å²) in [6.07, 6.45) is 0.790. The van der Waals surface area contributed by atoms with Crippen molar-refractivity contribution in [3.05, 3.63) is 35.4 Å². The van der Waals surface area contributed by atoms with Gasteiger partial charge in [-0.25, -0.2) is 0 Å². The summed E-state index contributed by atoms with van der Waals surface area (Å²) in [7, 11) is 0. The standard InChI is InChI=1S/C9H8OS/c10-9-7-4-2-1-3-6(7)5-8(9)11/h1-4,8,11H,5H2. The maximum absolute atomic E-state index is 11.3. The second kappa shape index (κ2) is 2.38. The number of rotatable bonds is 0. The molecule has 0 aliphatic heterocycles. The Bertz CT molecular complexity index is 306. The highest BCUT2D eigenvalue weighted by Crippen LogP contribution is 2.24. The molecule has 0 radical (unpaired) electrons. The van der Waals surface area contributed by atoms with Crippen LogP contribution in [0.25, 0.3) is 0 Å². The maximum atomic E-state index is 11.3. The minimum atomic E-state index is -0.104. The molecule has 11 heavy (non-hydrogen) atoms. The zero-order chi connectivity index (χ0) is 7.84. The van der Waals surface area contributed by atoms with Gasteiger partial charge in [0.05, 0.1) is 5.25 Å². The quantitative estimate of drug-likeness (QED) is 0.578. The predicted octanol–water partition coefficient (Wildman–Crippen LogP) is 1.72. The monoisotopic (exact) mass is 164 g/mol. The summed E-state index contributed by atoms with van der Waals surface area (Å²) < 4.78 is 0. The molecule has 1 aliphatic rings. The summed E-state index contributed by atoms with van der Waals surface area (Å²) in [5.41, 5.74) is 1.99. The van der Waals surface area contributed by atoms with Gasteiger partial charge in [-0.15, -0.1) is 0 Å². The molecule has 0 spiro atoms. The van der Waals surface area contributed by atoms with E-state index in [0.717, 1.165) is 17.5 Å². The lowest BCUT2D eigenvalue weighted by atomic mass is 10.1. The molecule has 1 aromatic carbocycles. The fourth-order valence-corrected chi connectivity index (χ4v) is 1.75. The van der Waals surface area contributed by atoms with Crippen molar-refractivity contribution in [1.29, 1.82) is 0 Å². The second-order valence-electron chi connectivity index (χ2n) is 2.74. The molecule has 1 aromatic rings. The SMILES string of the molecule is O=C1c2ccccc2CC1S. The Morgan fingerprint density at radius 1 is 1.36 bits per heavy atom. The first-order valence-electron chi connectivity index (χ1n) is 3.59. The molecule has 1 unspecified atom stereocenters. The summed E-state index contributed by atoms with van der Waals surface area (Å²) in [6.45, 7) is 0. The van der Waals surface area contributed by atoms with Gasteiger partial charge in [0, 0.05) is 5.56 Å². The van der Waals surface area contributed by atoms with Crippen LogP contribution in [0.3, 0.4) is 0 Å². The third-order valence-corrected chi connectivity index (χ3v) is 2.42. The van der Waals surface area contributed by atoms with Crippen molar-refractivity contribution in [3.8, 4) is 0 Å². The number of ketones is 1. The number of Topliss-reactive ketones (excluding diaryl/α,β-unsaturated/α-hetero) is 1. The van der Waals surface area contributed by atoms with Gasteiger partial charge >= 0.3 is 0 Å². The fraction of sp³-hybridized carbons (Fsp3) is 0.222. The first kappa shape index (κ1) is 6.92. The van der Waals surface area contributed by atoms with Crippen LogP contribution in [0.15, 0.2) is 24.3 Å². The second-order valence-corrected chi connectivity index (χ2v) is 3.36. The maximum Gasteiger partial charge on any atom is 0.176 e. The average Bonchev–Trinajstić information content (AvgIpc) is 2.30. The van der Waals surface area contributed by atoms with Gasteiger partial charge in [0.25, 0.3) is 0 Å². The van der Waals surface area contributed by atoms with E-state index in [1.807, 2.05) is 24.3 Å². The highest BCUT2D eigenvalue weighted by molar-refractivity contribution is 7.81. The van der Waals surface area contributed by atoms with Crippen molar-refractivity contribution in [2.75, 3.05) is 0 Å². The largest absolute Gasteiger partial charge is 0.293 e. The van der Waals surface area contributed by atoms with E-state index in [1.54, 1.807) is 0 Å². The van der Waals surface area contributed by atoms with Crippen LogP contribution in [0.5, 0.6) is 0 Å². The van der Waals surface area contributed by atoms with Gasteiger partial charge < -0.3 is 0 Å². The fourth-order valence-electron chi connectivity index (χ4n) is 1.42. The minimum absolute atomic E-state index is 0.104. The van der Waals surface area contributed by atoms with E-state index in [-0.39, 0.29) is 11.0 Å². The third kappa shape index (κ3) is 0.979. The zero-order valence-corrected chi connectivity index (χ0v) is 6.84. The van der Waals surface area contributed by atoms with Crippen LogP contribution in [0.4, 0.5) is 0 Å². The highest BCUT2D eigenvalue weighted by atomic mass is 32.1. The Morgan fingerprint density at radius 3 is 2.82 bits per heavy atom. The van der Waals surface area contributed by atoms with Crippen LogP contribution in [-0.2, 0) is 6.42 Å². The summed E-state index contributed by atoms with van der Waals surface area (Å²) in [6, 6.07) is 7.71. The lowest BCUT2D eigenvalue weighted by molar-refractivity contribution is 0.100. The van der Waals surface area contributed by atoms with Gasteiger partial charge in [-0.05, 0) is 12.0 Å². The molecule has 0 N–H and O–H groups in total. The average molecular weight is 164 g/mol. The number of thiol groups is 1. The van der Waals surface area contributed by atoms with Gasteiger partial charge in [-0.2, -0.15) is 12.6 Å². The van der Waals surface area contributed by atoms with Gasteiger partial charge in [0.15, 0.2) is 5.78 Å². The first-order valence-corrected chi connectivity index (χ1v) is 4.11. The Labute approximate surface area is 70.8 Å². The van der Waals surface area contributed by atoms with Crippen molar-refractivity contribution in [1.82, 2.24) is 0 Å². The number of carbonyl (C=O) groups is 1. The van der Waals surface area contributed by atoms with E-state index in [2.05, 4.69) is 12.6 Å². The molecule has 0 fully saturated rings. The Kier molecular flexibility index (Phi) is 1.50. The molecular formula is C9H8OS. The normalized spacial score (nSPS) is 21.9. The summed E-state index contributed by atoms with van der Waals surface area (Å²) in [5.74, 6) is 0.170. The van der Waals surface area contributed by atoms with Crippen LogP contribution >= 0.6 is 12.6 Å². The first-order chi connectivity index (χ1) is 5.29. The molecule has 0 saturated carbocycles. The van der Waals surface area contributed by atoms with Crippen molar-refractivity contribution >= 4 is 18.4 Å². The van der Waals surface area contributed by atoms with E-state index >= 15 is 0 Å². The van der Waals surface area contributed by atoms with E-state index in [0.29, 0.717) is 0 Å². The number of carbonyl (C=O) groups excluding carboxylic acids is 1. The van der Waals surface area contributed by atoms with Gasteiger partial charge in [0.2, 0.25) is 0 Å². The summed E-state index contributed by atoms with van der Waals surface area (Å²) in [4.78, 5) is 11.3. The lowest BCUT2D eigenvalue weighted by Gasteiger charge is -1.92. The molecule has 0 amide bonds. The molecule has 1 atom stereocenters. The van der Waals surface area contributed by atoms with Crippen LogP contribution in [0.1, 0.15) is 15.9 Å². The molecule has 56 valence electrons. The topological polar surface area (TPSA) is 17.1 Å². The highest BCUT2D eigenvalue weighted by Gasteiger charge is 2.26. The summed E-state index contributed by atoms with van der Waals surface area (Å²) >= 11 is 4.18. The van der Waals surface area contributed by atoms with Crippen molar-refractivity contribution in [3.63, 3.8) is 0 Å². The number of hydrogen-bond acceptors (Lipinski definition) is 2. The molecule has 2 heteroatoms. The van der Waals surface area contributed by atoms with E-state index < -0.39 is 0 Å². The van der Waals surface area contributed by atoms with Crippen molar-refractivity contribution < 1.29 is 4.79 Å². The van der Waals surface area contributed by atoms with Crippen molar-refractivity contribution in [2.45, 2.75) is 11.7 Å². The van der Waals surface area contributed by atoms with Crippen LogP contribution in [-0.4, -0.2) is 11.0 Å². The van der Waals surface area contributed by atoms with Crippen LogP contribution in [0, 0.1) is 0 Å². The number of hydrogen-bond donors (Lipinski definition) is 1. The van der Waals surface area contributed by atoms with Crippen molar-refractivity contribution in [2.24, 2.45) is 0 Å². The number of fused-ring (bicyclic) bond motifs is 1. The van der Waals surface area contributed by atoms with E-state index in [9.17, 15) is 4.79 Å². The predicted molar refractivity (Wildman–Crippen MR) is 47.3 cm³/mol. The molecule has 0 bridgehead atoms. The molecule has 0 saturated heterocycles. The molecule has 1 nitrogen and oxygen atoms in total. The van der Waals surface area contributed by atoms with E-state index in [4.69, 9.17) is 0 Å². The minimum Gasteiger partial charge on any atom is -0.293 e. The lowest BCUT2D eigenvalue weighted by Crippen LogP contribution is -2.06. The molecule has 2 rings (SSSR count). The number of benzene rings is 1. The van der Waals surface area contributed by atoms with Crippen LogP contribution < -0.4 is 0 Å². The van der Waals surface area contributed by atoms with Gasteiger partial charge in [-0.1, -0.05) is 24.3 Å². The molecular weight excluding hydrogens is 156 g/mol. The van der Waals surface area contributed by atoms with Gasteiger partial charge in [-0.3, -0.25) is 4.79 Å². The van der Waals surface area contributed by atoms with Crippen LogP contribution in [0.2, 0.25) is 0 Å². The smallest absolute Gasteiger partial charge is 0.176 e. The molecule has 0 heterocycles. The van der Waals surface area contributed by atoms with Gasteiger partial charge in [0.1, 0.15) is 0 Å².